The fourth-order valence-corrected chi connectivity index (χ4v) is 1.82. The molecular formula is C17H23NO. The molecule has 1 N–H and O–H groups in total. The van der Waals surface area contributed by atoms with Crippen LogP contribution in [-0.4, -0.2) is 12.5 Å². The van der Waals surface area contributed by atoms with Crippen LogP contribution in [0.4, 0.5) is 0 Å². The first kappa shape index (κ1) is 15.2. The number of carbonyl (C=O) groups is 1. The zero-order chi connectivity index (χ0) is 14.3. The third-order valence-corrected chi connectivity index (χ3v) is 2.87. The molecule has 0 aromatic heterocycles. The predicted octanol–water partition coefficient (Wildman–Crippen LogP) is 4.11. The second kappa shape index (κ2) is 7.57. The largest absolute Gasteiger partial charge is 0.357 e. The summed E-state index contributed by atoms with van der Waals surface area (Å²) in [4.78, 5) is 9.93. The van der Waals surface area contributed by atoms with Crippen molar-refractivity contribution in [2.24, 2.45) is 0 Å². The van der Waals surface area contributed by atoms with Crippen LogP contribution in [0.3, 0.4) is 0 Å². The number of benzene rings is 2. The second-order valence-electron chi connectivity index (χ2n) is 4.85. The lowest BCUT2D eigenvalue weighted by Crippen LogP contribution is -2.18. The van der Waals surface area contributed by atoms with Crippen LogP contribution >= 0.6 is 0 Å². The Kier molecular flexibility index (Phi) is 6.07. The molecule has 2 aromatic rings. The van der Waals surface area contributed by atoms with Crippen LogP contribution in [0.15, 0.2) is 42.5 Å². The zero-order valence-electron chi connectivity index (χ0n) is 12.2. The highest BCUT2D eigenvalue weighted by Crippen LogP contribution is 2.20. The number of rotatable bonds is 2. The van der Waals surface area contributed by atoms with E-state index in [-0.39, 0.29) is 5.91 Å². The van der Waals surface area contributed by atoms with E-state index in [1.54, 1.807) is 0 Å². The van der Waals surface area contributed by atoms with Gasteiger partial charge in [0.15, 0.2) is 0 Å². The number of hydrogen-bond acceptors (Lipinski definition) is 1. The number of amides is 1. The van der Waals surface area contributed by atoms with E-state index in [9.17, 15) is 4.79 Å². The Balaban J connectivity index is 0.000000258. The van der Waals surface area contributed by atoms with Gasteiger partial charge in [0.1, 0.15) is 0 Å². The van der Waals surface area contributed by atoms with Gasteiger partial charge in [-0.1, -0.05) is 56.3 Å². The molecule has 102 valence electrons. The van der Waals surface area contributed by atoms with Crippen molar-refractivity contribution < 1.29 is 4.79 Å². The van der Waals surface area contributed by atoms with E-state index in [0.29, 0.717) is 5.92 Å². The Morgan fingerprint density at radius 3 is 2.21 bits per heavy atom. The van der Waals surface area contributed by atoms with Crippen LogP contribution in [0.25, 0.3) is 10.8 Å². The van der Waals surface area contributed by atoms with E-state index in [2.05, 4.69) is 61.6 Å². The van der Waals surface area contributed by atoms with Gasteiger partial charge in [-0.3, -0.25) is 4.79 Å². The Hall–Kier alpha value is -1.83. The molecule has 0 heterocycles. The third-order valence-electron chi connectivity index (χ3n) is 2.87. The van der Waals surface area contributed by atoms with Crippen molar-refractivity contribution >= 4 is 16.7 Å². The van der Waals surface area contributed by atoms with Crippen LogP contribution in [0.2, 0.25) is 0 Å². The Bertz CT molecular complexity index is 532. The zero-order valence-corrected chi connectivity index (χ0v) is 12.2. The number of fused-ring (bicyclic) bond motifs is 1. The summed E-state index contributed by atoms with van der Waals surface area (Å²) in [6, 6.07) is 15.2. The van der Waals surface area contributed by atoms with Gasteiger partial charge in [0.25, 0.3) is 0 Å². The Labute approximate surface area is 115 Å². The summed E-state index contributed by atoms with van der Waals surface area (Å²) < 4.78 is 0. The molecule has 0 aliphatic rings. The van der Waals surface area contributed by atoms with Crippen molar-refractivity contribution in [2.75, 3.05) is 6.54 Å². The summed E-state index contributed by atoms with van der Waals surface area (Å²) >= 11 is 0. The van der Waals surface area contributed by atoms with Gasteiger partial charge in [-0.05, 0) is 29.2 Å². The summed E-state index contributed by atoms with van der Waals surface area (Å²) in [6.45, 7) is 8.58. The maximum atomic E-state index is 9.93. The fourth-order valence-electron chi connectivity index (χ4n) is 1.82. The molecule has 2 heteroatoms. The third kappa shape index (κ3) is 5.12. The SMILES string of the molecule is CC(C)c1ccc2ccccc2c1.CCNC(C)=O. The molecule has 0 spiro atoms. The second-order valence-corrected chi connectivity index (χ2v) is 4.85. The lowest BCUT2D eigenvalue weighted by atomic mass is 9.99. The molecular weight excluding hydrogens is 234 g/mol. The van der Waals surface area contributed by atoms with Crippen LogP contribution in [0.5, 0.6) is 0 Å². The molecule has 2 aromatic carbocycles. The van der Waals surface area contributed by atoms with Crippen molar-refractivity contribution in [3.8, 4) is 0 Å². The minimum Gasteiger partial charge on any atom is -0.357 e. The molecule has 0 radical (unpaired) electrons. The molecule has 0 aliphatic carbocycles. The summed E-state index contributed by atoms with van der Waals surface area (Å²) in [7, 11) is 0. The van der Waals surface area contributed by atoms with Crippen LogP contribution in [0.1, 0.15) is 39.2 Å². The van der Waals surface area contributed by atoms with Crippen molar-refractivity contribution in [3.63, 3.8) is 0 Å². The standard InChI is InChI=1S/C13H14.C4H9NO/c1-10(2)12-8-7-11-5-3-4-6-13(11)9-12;1-3-5-4(2)6/h3-10H,1-2H3;3H2,1-2H3,(H,5,6). The van der Waals surface area contributed by atoms with Gasteiger partial charge in [0.2, 0.25) is 5.91 Å². The molecule has 0 aliphatic heterocycles. The summed E-state index contributed by atoms with van der Waals surface area (Å²) in [5, 5.41) is 5.24. The highest BCUT2D eigenvalue weighted by molar-refractivity contribution is 5.83. The van der Waals surface area contributed by atoms with Crippen molar-refractivity contribution in [1.82, 2.24) is 5.32 Å². The molecule has 1 amide bonds. The maximum Gasteiger partial charge on any atom is 0.216 e. The summed E-state index contributed by atoms with van der Waals surface area (Å²) in [6.07, 6.45) is 0. The average Bonchev–Trinajstić information content (AvgIpc) is 2.38. The first-order chi connectivity index (χ1) is 9.04. The van der Waals surface area contributed by atoms with E-state index in [1.165, 1.54) is 23.3 Å². The topological polar surface area (TPSA) is 29.1 Å². The summed E-state index contributed by atoms with van der Waals surface area (Å²) in [5.74, 6) is 0.655. The van der Waals surface area contributed by atoms with Gasteiger partial charge >= 0.3 is 0 Å². The number of nitrogens with one attached hydrogen (secondary N) is 1. The lowest BCUT2D eigenvalue weighted by Gasteiger charge is -2.06. The van der Waals surface area contributed by atoms with E-state index < -0.39 is 0 Å². The smallest absolute Gasteiger partial charge is 0.216 e. The molecule has 0 fully saturated rings. The quantitative estimate of drug-likeness (QED) is 0.862. The molecule has 0 unspecified atom stereocenters. The molecule has 0 saturated heterocycles. The minimum absolute atomic E-state index is 0.0394. The molecule has 2 rings (SSSR count). The van der Waals surface area contributed by atoms with Gasteiger partial charge in [0, 0.05) is 13.5 Å². The lowest BCUT2D eigenvalue weighted by molar-refractivity contribution is -0.118. The van der Waals surface area contributed by atoms with E-state index >= 15 is 0 Å². The average molecular weight is 257 g/mol. The van der Waals surface area contributed by atoms with Gasteiger partial charge < -0.3 is 5.32 Å². The van der Waals surface area contributed by atoms with E-state index in [0.717, 1.165) is 6.54 Å². The minimum atomic E-state index is 0.0394. The number of hydrogen-bond donors (Lipinski definition) is 1. The molecule has 19 heavy (non-hydrogen) atoms. The molecule has 0 atom stereocenters. The van der Waals surface area contributed by atoms with Crippen LogP contribution < -0.4 is 5.32 Å². The van der Waals surface area contributed by atoms with Crippen molar-refractivity contribution in [2.45, 2.75) is 33.6 Å². The monoisotopic (exact) mass is 257 g/mol. The molecule has 0 saturated carbocycles. The number of carbonyl (C=O) groups excluding carboxylic acids is 1. The van der Waals surface area contributed by atoms with Crippen molar-refractivity contribution in [3.05, 3.63) is 48.0 Å². The highest BCUT2D eigenvalue weighted by atomic mass is 16.1. The van der Waals surface area contributed by atoms with Crippen LogP contribution in [-0.2, 0) is 4.79 Å². The van der Waals surface area contributed by atoms with Crippen LogP contribution in [0, 0.1) is 0 Å². The predicted molar refractivity (Wildman–Crippen MR) is 82.4 cm³/mol. The molecule has 0 bridgehead atoms. The van der Waals surface area contributed by atoms with Crippen molar-refractivity contribution in [1.29, 1.82) is 0 Å². The van der Waals surface area contributed by atoms with Gasteiger partial charge in [-0.2, -0.15) is 0 Å². The van der Waals surface area contributed by atoms with Gasteiger partial charge in [-0.25, -0.2) is 0 Å². The highest BCUT2D eigenvalue weighted by Gasteiger charge is 1.99. The molecule has 2 nitrogen and oxygen atoms in total. The van der Waals surface area contributed by atoms with E-state index in [1.807, 2.05) is 6.92 Å². The van der Waals surface area contributed by atoms with Gasteiger partial charge in [0.05, 0.1) is 0 Å². The Morgan fingerprint density at radius 1 is 1.11 bits per heavy atom. The van der Waals surface area contributed by atoms with Gasteiger partial charge in [-0.15, -0.1) is 0 Å². The van der Waals surface area contributed by atoms with E-state index in [4.69, 9.17) is 0 Å². The maximum absolute atomic E-state index is 9.93. The first-order valence-electron chi connectivity index (χ1n) is 6.77. The first-order valence-corrected chi connectivity index (χ1v) is 6.77. The Morgan fingerprint density at radius 2 is 1.74 bits per heavy atom. The summed E-state index contributed by atoms with van der Waals surface area (Å²) in [5.41, 5.74) is 1.42. The normalized spacial score (nSPS) is 9.95. The fraction of sp³-hybridized carbons (Fsp3) is 0.353.